The number of nitrogens with zero attached hydrogens (tertiary/aromatic N) is 1. The number of fused-ring (bicyclic) bond motifs is 1. The second-order valence-electron chi connectivity index (χ2n) is 5.71. The van der Waals surface area contributed by atoms with Gasteiger partial charge in [0.1, 0.15) is 11.6 Å². The lowest BCUT2D eigenvalue weighted by Gasteiger charge is -2.34. The Hall–Kier alpha value is -0.940. The van der Waals surface area contributed by atoms with Crippen LogP contribution >= 0.6 is 15.9 Å². The van der Waals surface area contributed by atoms with Crippen LogP contribution < -0.4 is 5.73 Å². The van der Waals surface area contributed by atoms with Crippen molar-refractivity contribution < 1.29 is 4.39 Å². The van der Waals surface area contributed by atoms with Gasteiger partial charge >= 0.3 is 0 Å². The molecule has 0 atom stereocenters. The molecule has 1 fully saturated rings. The minimum Gasteiger partial charge on any atom is -0.340 e. The molecule has 1 aliphatic carbocycles. The maximum absolute atomic E-state index is 13.5. The van der Waals surface area contributed by atoms with Crippen LogP contribution in [0, 0.1) is 11.7 Å². The minimum absolute atomic E-state index is 0.286. The minimum atomic E-state index is -0.394. The second kappa shape index (κ2) is 4.56. The van der Waals surface area contributed by atoms with Crippen LogP contribution in [0.3, 0.4) is 0 Å². The smallest absolute Gasteiger partial charge is 0.139 e. The maximum Gasteiger partial charge on any atom is 0.139 e. The maximum atomic E-state index is 13.5. The molecule has 0 bridgehead atoms. The van der Waals surface area contributed by atoms with Gasteiger partial charge in [0, 0.05) is 6.07 Å². The van der Waals surface area contributed by atoms with Gasteiger partial charge in [-0.05, 0) is 53.6 Å². The standard InChI is InChI=1S/C14H17BrFN3/c1-8-2-4-14(17,5-3-8)13-18-11-6-9(15)10(16)7-12(11)19-13/h6-8H,2-5,17H2,1H3,(H,18,19). The Kier molecular flexibility index (Phi) is 3.14. The predicted molar refractivity (Wildman–Crippen MR) is 77.2 cm³/mol. The molecule has 0 aliphatic heterocycles. The first kappa shape index (κ1) is 13.1. The van der Waals surface area contributed by atoms with Crippen LogP contribution in [0.4, 0.5) is 4.39 Å². The molecular weight excluding hydrogens is 309 g/mol. The van der Waals surface area contributed by atoms with Gasteiger partial charge in [-0.1, -0.05) is 6.92 Å². The number of nitrogens with two attached hydrogens (primary N) is 1. The lowest BCUT2D eigenvalue weighted by atomic mass is 9.77. The highest BCUT2D eigenvalue weighted by molar-refractivity contribution is 9.10. The van der Waals surface area contributed by atoms with E-state index in [1.165, 1.54) is 6.07 Å². The summed E-state index contributed by atoms with van der Waals surface area (Å²) < 4.78 is 14.0. The zero-order chi connectivity index (χ0) is 13.6. The van der Waals surface area contributed by atoms with E-state index in [-0.39, 0.29) is 5.82 Å². The van der Waals surface area contributed by atoms with E-state index < -0.39 is 5.54 Å². The molecule has 1 saturated carbocycles. The van der Waals surface area contributed by atoms with Crippen LogP contribution in [0.25, 0.3) is 11.0 Å². The van der Waals surface area contributed by atoms with E-state index in [0.29, 0.717) is 9.99 Å². The van der Waals surface area contributed by atoms with Gasteiger partial charge in [0.25, 0.3) is 0 Å². The summed E-state index contributed by atoms with van der Waals surface area (Å²) in [6.45, 7) is 2.25. The van der Waals surface area contributed by atoms with Gasteiger partial charge in [-0.3, -0.25) is 0 Å². The number of nitrogens with one attached hydrogen (secondary N) is 1. The zero-order valence-electron chi connectivity index (χ0n) is 10.8. The molecule has 3 nitrogen and oxygen atoms in total. The predicted octanol–water partition coefficient (Wildman–Crippen LogP) is 3.83. The molecule has 1 aromatic heterocycles. The normalized spacial score (nSPS) is 27.9. The van der Waals surface area contributed by atoms with Gasteiger partial charge in [-0.2, -0.15) is 0 Å². The van der Waals surface area contributed by atoms with Crippen molar-refractivity contribution in [2.24, 2.45) is 11.7 Å². The molecule has 0 amide bonds. The summed E-state index contributed by atoms with van der Waals surface area (Å²) in [4.78, 5) is 7.75. The number of aromatic amines is 1. The highest BCUT2D eigenvalue weighted by Crippen LogP contribution is 2.37. The number of rotatable bonds is 1. The van der Waals surface area contributed by atoms with Crippen LogP contribution in [0.5, 0.6) is 0 Å². The molecule has 2 aromatic rings. The summed E-state index contributed by atoms with van der Waals surface area (Å²) in [5.41, 5.74) is 7.55. The Bertz CT molecular complexity index is 575. The lowest BCUT2D eigenvalue weighted by Crippen LogP contribution is -2.41. The Labute approximate surface area is 119 Å². The Morgan fingerprint density at radius 2 is 2.11 bits per heavy atom. The summed E-state index contributed by atoms with van der Waals surface area (Å²) in [7, 11) is 0. The molecule has 0 saturated heterocycles. The third kappa shape index (κ3) is 2.30. The van der Waals surface area contributed by atoms with E-state index in [1.54, 1.807) is 6.07 Å². The van der Waals surface area contributed by atoms with Gasteiger partial charge in [0.05, 0.1) is 21.0 Å². The van der Waals surface area contributed by atoms with E-state index in [4.69, 9.17) is 5.73 Å². The highest BCUT2D eigenvalue weighted by Gasteiger charge is 2.34. The fourth-order valence-electron chi connectivity index (χ4n) is 2.75. The third-order valence-electron chi connectivity index (χ3n) is 4.16. The van der Waals surface area contributed by atoms with E-state index in [9.17, 15) is 4.39 Å². The van der Waals surface area contributed by atoms with Gasteiger partial charge in [0.15, 0.2) is 0 Å². The summed E-state index contributed by atoms with van der Waals surface area (Å²) in [6, 6.07) is 3.16. The topological polar surface area (TPSA) is 54.7 Å². The van der Waals surface area contributed by atoms with Crippen molar-refractivity contribution in [3.63, 3.8) is 0 Å². The number of aromatic nitrogens is 2. The van der Waals surface area contributed by atoms with Crippen LogP contribution in [0.2, 0.25) is 0 Å². The monoisotopic (exact) mass is 325 g/mol. The van der Waals surface area contributed by atoms with Crippen molar-refractivity contribution in [1.29, 1.82) is 0 Å². The molecule has 1 heterocycles. The summed E-state index contributed by atoms with van der Waals surface area (Å²) >= 11 is 3.18. The molecule has 102 valence electrons. The molecule has 1 aromatic carbocycles. The van der Waals surface area contributed by atoms with Crippen LogP contribution in [-0.2, 0) is 5.54 Å². The molecule has 3 N–H and O–H groups in total. The summed E-state index contributed by atoms with van der Waals surface area (Å²) in [5, 5.41) is 0. The van der Waals surface area contributed by atoms with Gasteiger partial charge in [-0.25, -0.2) is 9.37 Å². The van der Waals surface area contributed by atoms with Crippen LogP contribution in [0.15, 0.2) is 16.6 Å². The van der Waals surface area contributed by atoms with E-state index in [0.717, 1.165) is 42.9 Å². The number of imidazole rings is 1. The number of hydrogen-bond donors (Lipinski definition) is 2. The highest BCUT2D eigenvalue weighted by atomic mass is 79.9. The van der Waals surface area contributed by atoms with E-state index in [2.05, 4.69) is 32.8 Å². The molecule has 0 radical (unpaired) electrons. The van der Waals surface area contributed by atoms with E-state index in [1.807, 2.05) is 0 Å². The second-order valence-corrected chi connectivity index (χ2v) is 6.56. The number of halogens is 2. The lowest BCUT2D eigenvalue weighted by molar-refractivity contribution is 0.238. The number of H-pyrrole nitrogens is 1. The average Bonchev–Trinajstić information content (AvgIpc) is 2.77. The first-order valence-corrected chi connectivity index (χ1v) is 7.41. The van der Waals surface area contributed by atoms with Crippen molar-refractivity contribution in [3.05, 3.63) is 28.2 Å². The van der Waals surface area contributed by atoms with Crippen molar-refractivity contribution in [3.8, 4) is 0 Å². The zero-order valence-corrected chi connectivity index (χ0v) is 12.4. The van der Waals surface area contributed by atoms with Crippen molar-refractivity contribution in [2.45, 2.75) is 38.1 Å². The Balaban J connectivity index is 2.01. The van der Waals surface area contributed by atoms with Crippen molar-refractivity contribution in [1.82, 2.24) is 9.97 Å². The van der Waals surface area contributed by atoms with Gasteiger partial charge < -0.3 is 10.7 Å². The Morgan fingerprint density at radius 1 is 1.42 bits per heavy atom. The van der Waals surface area contributed by atoms with E-state index >= 15 is 0 Å². The first-order chi connectivity index (χ1) is 8.98. The molecule has 1 aliphatic rings. The average molecular weight is 326 g/mol. The van der Waals surface area contributed by atoms with Gasteiger partial charge in [-0.15, -0.1) is 0 Å². The number of hydrogen-bond acceptors (Lipinski definition) is 2. The molecule has 5 heteroatoms. The fourth-order valence-corrected chi connectivity index (χ4v) is 3.09. The fraction of sp³-hybridized carbons (Fsp3) is 0.500. The largest absolute Gasteiger partial charge is 0.340 e. The van der Waals surface area contributed by atoms with Crippen molar-refractivity contribution in [2.75, 3.05) is 0 Å². The quantitative estimate of drug-likeness (QED) is 0.837. The first-order valence-electron chi connectivity index (χ1n) is 6.62. The summed E-state index contributed by atoms with van der Waals surface area (Å²) in [5.74, 6) is 1.23. The molecular formula is C14H17BrFN3. The molecule has 3 rings (SSSR count). The van der Waals surface area contributed by atoms with Gasteiger partial charge in [0.2, 0.25) is 0 Å². The molecule has 0 spiro atoms. The van der Waals surface area contributed by atoms with Crippen LogP contribution in [0.1, 0.15) is 38.4 Å². The third-order valence-corrected chi connectivity index (χ3v) is 4.77. The van der Waals surface area contributed by atoms with Crippen LogP contribution in [-0.4, -0.2) is 9.97 Å². The summed E-state index contributed by atoms with van der Waals surface area (Å²) in [6.07, 6.45) is 4.09. The van der Waals surface area contributed by atoms with Crippen molar-refractivity contribution >= 4 is 27.0 Å². The Morgan fingerprint density at radius 3 is 2.79 bits per heavy atom. The number of benzene rings is 1. The molecule has 19 heavy (non-hydrogen) atoms. The molecule has 0 unspecified atom stereocenters. The SMILES string of the molecule is CC1CCC(N)(c2nc3cc(Br)c(F)cc3[nH]2)CC1.